The van der Waals surface area contributed by atoms with Crippen LogP contribution in [0.3, 0.4) is 0 Å². The number of rotatable bonds is 9. The molecule has 2 aromatic rings. The number of hydrogen-bond donors (Lipinski definition) is 1. The molecule has 0 bridgehead atoms. The number of nitrogens with one attached hydrogen (secondary N) is 1. The van der Waals surface area contributed by atoms with Crippen LogP contribution < -0.4 is 10.1 Å². The van der Waals surface area contributed by atoms with Gasteiger partial charge in [0.05, 0.1) is 0 Å². The lowest BCUT2D eigenvalue weighted by atomic mass is 10.1. The minimum atomic E-state index is -0.762. The Labute approximate surface area is 171 Å². The molecule has 156 valence electrons. The van der Waals surface area contributed by atoms with Gasteiger partial charge in [0, 0.05) is 18.7 Å². The van der Waals surface area contributed by atoms with Crippen molar-refractivity contribution in [2.45, 2.75) is 40.3 Å². The first kappa shape index (κ1) is 22.4. The molecule has 0 saturated heterocycles. The van der Waals surface area contributed by atoms with Gasteiger partial charge in [0.15, 0.2) is 6.61 Å². The van der Waals surface area contributed by atoms with Crippen LogP contribution in [-0.4, -0.2) is 35.9 Å². The van der Waals surface area contributed by atoms with E-state index in [0.29, 0.717) is 17.9 Å². The molecule has 0 aliphatic heterocycles. The van der Waals surface area contributed by atoms with Gasteiger partial charge in [0.25, 0.3) is 5.91 Å². The van der Waals surface area contributed by atoms with Crippen LogP contribution in [-0.2, 0) is 16.1 Å². The Morgan fingerprint density at radius 3 is 2.48 bits per heavy atom. The molecule has 0 fully saturated rings. The molecule has 0 aromatic heterocycles. The monoisotopic (exact) mass is 400 g/mol. The maximum absolute atomic E-state index is 14.2. The lowest BCUT2D eigenvalue weighted by Gasteiger charge is -2.29. The van der Waals surface area contributed by atoms with Crippen LogP contribution in [0.15, 0.2) is 48.5 Å². The highest BCUT2D eigenvalue weighted by Gasteiger charge is 2.27. The van der Waals surface area contributed by atoms with Crippen LogP contribution in [0.2, 0.25) is 0 Å². The first-order valence-corrected chi connectivity index (χ1v) is 9.78. The molecule has 0 heterocycles. The first-order chi connectivity index (χ1) is 13.8. The fourth-order valence-corrected chi connectivity index (χ4v) is 2.78. The normalized spacial score (nSPS) is 11.8. The molecule has 0 aliphatic rings. The largest absolute Gasteiger partial charge is 0.484 e. The van der Waals surface area contributed by atoms with Gasteiger partial charge in [-0.15, -0.1) is 0 Å². The van der Waals surface area contributed by atoms with Gasteiger partial charge < -0.3 is 15.0 Å². The summed E-state index contributed by atoms with van der Waals surface area (Å²) in [6.07, 6.45) is 0. The third-order valence-electron chi connectivity index (χ3n) is 4.50. The highest BCUT2D eigenvalue weighted by molar-refractivity contribution is 5.87. The van der Waals surface area contributed by atoms with Crippen molar-refractivity contribution in [1.82, 2.24) is 10.2 Å². The zero-order valence-electron chi connectivity index (χ0n) is 17.4. The number of hydrogen-bond acceptors (Lipinski definition) is 3. The second-order valence-corrected chi connectivity index (χ2v) is 7.53. The van der Waals surface area contributed by atoms with Crippen molar-refractivity contribution in [1.29, 1.82) is 0 Å². The molecule has 1 atom stereocenters. The molecule has 2 rings (SSSR count). The SMILES string of the molecule is Cc1cccc(OCC(=O)N(Cc2ccccc2F)C(C)C(=O)NCC(C)C)c1. The summed E-state index contributed by atoms with van der Waals surface area (Å²) in [7, 11) is 0. The maximum Gasteiger partial charge on any atom is 0.261 e. The number of nitrogens with zero attached hydrogens (tertiary/aromatic N) is 1. The fraction of sp³-hybridized carbons (Fsp3) is 0.391. The lowest BCUT2D eigenvalue weighted by molar-refractivity contribution is -0.142. The van der Waals surface area contributed by atoms with E-state index >= 15 is 0 Å². The third kappa shape index (κ3) is 6.89. The second-order valence-electron chi connectivity index (χ2n) is 7.53. The molecule has 0 spiro atoms. The van der Waals surface area contributed by atoms with E-state index in [9.17, 15) is 14.0 Å². The van der Waals surface area contributed by atoms with Crippen LogP contribution in [0, 0.1) is 18.7 Å². The molecule has 29 heavy (non-hydrogen) atoms. The van der Waals surface area contributed by atoms with E-state index in [4.69, 9.17) is 4.74 Å². The minimum Gasteiger partial charge on any atom is -0.484 e. The smallest absolute Gasteiger partial charge is 0.261 e. The maximum atomic E-state index is 14.2. The van der Waals surface area contributed by atoms with Gasteiger partial charge in [0.1, 0.15) is 17.6 Å². The summed E-state index contributed by atoms with van der Waals surface area (Å²) in [5.41, 5.74) is 1.36. The van der Waals surface area contributed by atoms with Gasteiger partial charge >= 0.3 is 0 Å². The van der Waals surface area contributed by atoms with Crippen LogP contribution in [0.25, 0.3) is 0 Å². The predicted molar refractivity (Wildman–Crippen MR) is 111 cm³/mol. The molecule has 5 nitrogen and oxygen atoms in total. The van der Waals surface area contributed by atoms with Crippen molar-refractivity contribution in [2.75, 3.05) is 13.2 Å². The Kier molecular flexibility index (Phi) is 8.19. The molecule has 2 aromatic carbocycles. The Morgan fingerprint density at radius 2 is 1.83 bits per heavy atom. The van der Waals surface area contributed by atoms with Gasteiger partial charge in [-0.2, -0.15) is 0 Å². The van der Waals surface area contributed by atoms with E-state index in [1.54, 1.807) is 31.2 Å². The minimum absolute atomic E-state index is 0.0149. The van der Waals surface area contributed by atoms with Crippen LogP contribution in [0.4, 0.5) is 4.39 Å². The molecular formula is C23H29FN2O3. The zero-order chi connectivity index (χ0) is 21.4. The van der Waals surface area contributed by atoms with Crippen molar-refractivity contribution >= 4 is 11.8 Å². The van der Waals surface area contributed by atoms with Crippen LogP contribution in [0.1, 0.15) is 31.9 Å². The Morgan fingerprint density at radius 1 is 1.10 bits per heavy atom. The summed E-state index contributed by atoms with van der Waals surface area (Å²) in [5, 5.41) is 2.83. The molecule has 6 heteroatoms. The summed E-state index contributed by atoms with van der Waals surface area (Å²) in [6.45, 7) is 7.80. The predicted octanol–water partition coefficient (Wildman–Crippen LogP) is 3.70. The highest BCUT2D eigenvalue weighted by atomic mass is 19.1. The van der Waals surface area contributed by atoms with E-state index in [0.717, 1.165) is 5.56 Å². The van der Waals surface area contributed by atoms with E-state index in [1.807, 2.05) is 39.0 Å². The average molecular weight is 400 g/mol. The van der Waals surface area contributed by atoms with Crippen molar-refractivity contribution in [3.05, 3.63) is 65.5 Å². The van der Waals surface area contributed by atoms with E-state index < -0.39 is 11.9 Å². The standard InChI is InChI=1S/C23H29FN2O3/c1-16(2)13-25-23(28)18(4)26(14-19-9-5-6-11-21(19)24)22(27)15-29-20-10-7-8-17(3)12-20/h5-12,16,18H,13-15H2,1-4H3,(H,25,28). The summed E-state index contributed by atoms with van der Waals surface area (Å²) in [4.78, 5) is 26.8. The molecule has 0 saturated carbocycles. The summed E-state index contributed by atoms with van der Waals surface area (Å²) >= 11 is 0. The Hall–Kier alpha value is -2.89. The first-order valence-electron chi connectivity index (χ1n) is 9.78. The van der Waals surface area contributed by atoms with E-state index in [1.165, 1.54) is 11.0 Å². The Balaban J connectivity index is 2.14. The summed E-state index contributed by atoms with van der Waals surface area (Å²) in [5.74, 6) is -0.229. The highest BCUT2D eigenvalue weighted by Crippen LogP contribution is 2.15. The van der Waals surface area contributed by atoms with Crippen molar-refractivity contribution < 1.29 is 18.7 Å². The molecule has 1 unspecified atom stereocenters. The number of carbonyl (C=O) groups excluding carboxylic acids is 2. The van der Waals surface area contributed by atoms with Crippen molar-refractivity contribution in [3.63, 3.8) is 0 Å². The van der Waals surface area contributed by atoms with Crippen LogP contribution in [0.5, 0.6) is 5.75 Å². The molecule has 0 aliphatic carbocycles. The summed E-state index contributed by atoms with van der Waals surface area (Å²) in [6, 6.07) is 12.8. The third-order valence-corrected chi connectivity index (χ3v) is 4.50. The van der Waals surface area contributed by atoms with E-state index in [2.05, 4.69) is 5.32 Å². The molecule has 2 amide bonds. The van der Waals surface area contributed by atoms with Gasteiger partial charge in [-0.25, -0.2) is 4.39 Å². The topological polar surface area (TPSA) is 58.6 Å². The van der Waals surface area contributed by atoms with Crippen molar-refractivity contribution in [2.24, 2.45) is 5.92 Å². The quantitative estimate of drug-likeness (QED) is 0.698. The number of aryl methyl sites for hydroxylation is 1. The van der Waals surface area contributed by atoms with Gasteiger partial charge in [-0.1, -0.05) is 44.2 Å². The van der Waals surface area contributed by atoms with E-state index in [-0.39, 0.29) is 30.9 Å². The number of benzene rings is 2. The summed E-state index contributed by atoms with van der Waals surface area (Å²) < 4.78 is 19.8. The molecule has 1 N–H and O–H groups in total. The molecule has 0 radical (unpaired) electrons. The zero-order valence-corrected chi connectivity index (χ0v) is 17.4. The van der Waals surface area contributed by atoms with Crippen LogP contribution >= 0.6 is 0 Å². The lowest BCUT2D eigenvalue weighted by Crippen LogP contribution is -2.49. The van der Waals surface area contributed by atoms with Gasteiger partial charge in [-0.3, -0.25) is 9.59 Å². The second kappa shape index (κ2) is 10.6. The van der Waals surface area contributed by atoms with Crippen molar-refractivity contribution in [3.8, 4) is 5.75 Å². The van der Waals surface area contributed by atoms with Gasteiger partial charge in [-0.05, 0) is 43.5 Å². The average Bonchev–Trinajstić information content (AvgIpc) is 2.69. The van der Waals surface area contributed by atoms with Gasteiger partial charge in [0.2, 0.25) is 5.91 Å². The number of amides is 2. The number of halogens is 1. The fourth-order valence-electron chi connectivity index (χ4n) is 2.78. The Bertz CT molecular complexity index is 838. The molecular weight excluding hydrogens is 371 g/mol. The number of ether oxygens (including phenoxy) is 1. The number of carbonyl (C=O) groups is 2.